The Balaban J connectivity index is 2.10. The number of carbonyl (C=O) groups excluding carboxylic acids is 2. The smallest absolute Gasteiger partial charge is 0.259 e. The van der Waals surface area contributed by atoms with Crippen LogP contribution in [0.15, 0.2) is 46.9 Å². The van der Waals surface area contributed by atoms with E-state index < -0.39 is 0 Å². The van der Waals surface area contributed by atoms with Gasteiger partial charge in [-0.1, -0.05) is 36.7 Å². The average molecular weight is 419 g/mol. The van der Waals surface area contributed by atoms with Gasteiger partial charge in [0.25, 0.3) is 5.91 Å². The number of benzene rings is 2. The molecular formula is C20H23BrN2O3. The number of amides is 2. The van der Waals surface area contributed by atoms with E-state index >= 15 is 0 Å². The molecule has 2 N–H and O–H groups in total. The van der Waals surface area contributed by atoms with Crippen LogP contribution in [0.5, 0.6) is 5.75 Å². The van der Waals surface area contributed by atoms with Gasteiger partial charge in [0, 0.05) is 21.8 Å². The molecule has 0 aliphatic carbocycles. The van der Waals surface area contributed by atoms with Crippen molar-refractivity contribution in [2.45, 2.75) is 27.2 Å². The van der Waals surface area contributed by atoms with Crippen LogP contribution < -0.4 is 15.4 Å². The van der Waals surface area contributed by atoms with Crippen molar-refractivity contribution in [1.82, 2.24) is 0 Å². The van der Waals surface area contributed by atoms with Crippen LogP contribution >= 0.6 is 15.9 Å². The van der Waals surface area contributed by atoms with E-state index in [2.05, 4.69) is 26.6 Å². The lowest BCUT2D eigenvalue weighted by Crippen LogP contribution is -2.17. The summed E-state index contributed by atoms with van der Waals surface area (Å²) in [5, 5.41) is 5.67. The van der Waals surface area contributed by atoms with Gasteiger partial charge in [0.15, 0.2) is 0 Å². The summed E-state index contributed by atoms with van der Waals surface area (Å²) in [7, 11) is 0. The molecule has 2 aromatic carbocycles. The molecule has 6 heteroatoms. The third-order valence-corrected chi connectivity index (χ3v) is 4.08. The van der Waals surface area contributed by atoms with E-state index in [4.69, 9.17) is 4.74 Å². The second kappa shape index (κ2) is 9.38. The quantitative estimate of drug-likeness (QED) is 0.658. The van der Waals surface area contributed by atoms with E-state index in [1.807, 2.05) is 26.8 Å². The minimum atomic E-state index is -0.253. The number of carbonyl (C=O) groups is 2. The maximum atomic E-state index is 12.6. The molecule has 2 aromatic rings. The van der Waals surface area contributed by atoms with Gasteiger partial charge in [0.05, 0.1) is 12.2 Å². The van der Waals surface area contributed by atoms with Gasteiger partial charge >= 0.3 is 0 Å². The lowest BCUT2D eigenvalue weighted by molar-refractivity contribution is -0.118. The summed E-state index contributed by atoms with van der Waals surface area (Å²) in [6.45, 7) is 6.23. The molecule has 0 bridgehead atoms. The molecule has 0 heterocycles. The fourth-order valence-electron chi connectivity index (χ4n) is 2.14. The zero-order chi connectivity index (χ0) is 19.1. The van der Waals surface area contributed by atoms with Crippen LogP contribution in [0.25, 0.3) is 0 Å². The van der Waals surface area contributed by atoms with Crippen molar-refractivity contribution in [2.24, 2.45) is 5.92 Å². The normalized spacial score (nSPS) is 10.5. The minimum Gasteiger partial charge on any atom is -0.493 e. The van der Waals surface area contributed by atoms with Gasteiger partial charge < -0.3 is 15.4 Å². The molecule has 0 aliphatic rings. The number of halogens is 1. The second-order valence-corrected chi connectivity index (χ2v) is 7.08. The summed E-state index contributed by atoms with van der Waals surface area (Å²) in [6, 6.07) is 12.4. The average Bonchev–Trinajstić information content (AvgIpc) is 2.62. The van der Waals surface area contributed by atoms with E-state index in [0.29, 0.717) is 29.3 Å². The van der Waals surface area contributed by atoms with Gasteiger partial charge in [-0.15, -0.1) is 0 Å². The highest BCUT2D eigenvalue weighted by molar-refractivity contribution is 9.10. The standard InChI is InChI=1S/C20H23BrN2O3/c1-4-11-26-18-10-5-14(21)12-17(18)20(25)23-16-8-6-15(7-9-16)22-19(24)13(2)3/h5-10,12-13H,4,11H2,1-3H3,(H,22,24)(H,23,25). The first-order valence-corrected chi connectivity index (χ1v) is 9.34. The topological polar surface area (TPSA) is 67.4 Å². The van der Waals surface area contributed by atoms with E-state index in [9.17, 15) is 9.59 Å². The Hall–Kier alpha value is -2.34. The molecule has 0 unspecified atom stereocenters. The molecule has 0 saturated carbocycles. The maximum Gasteiger partial charge on any atom is 0.259 e. The number of rotatable bonds is 7. The zero-order valence-electron chi connectivity index (χ0n) is 15.1. The van der Waals surface area contributed by atoms with Crippen LogP contribution in [0.1, 0.15) is 37.6 Å². The molecule has 0 radical (unpaired) electrons. The van der Waals surface area contributed by atoms with Gasteiger partial charge in [-0.05, 0) is 48.9 Å². The third-order valence-electron chi connectivity index (χ3n) is 3.58. The molecule has 5 nitrogen and oxygen atoms in total. The van der Waals surface area contributed by atoms with Gasteiger partial charge in [0.2, 0.25) is 5.91 Å². The third kappa shape index (κ3) is 5.59. The Kier molecular flexibility index (Phi) is 7.21. The van der Waals surface area contributed by atoms with Crippen LogP contribution in [-0.4, -0.2) is 18.4 Å². The molecule has 2 amide bonds. The Labute approximate surface area is 162 Å². The molecule has 0 fully saturated rings. The number of hydrogen-bond donors (Lipinski definition) is 2. The maximum absolute atomic E-state index is 12.6. The SMILES string of the molecule is CCCOc1ccc(Br)cc1C(=O)Nc1ccc(NC(=O)C(C)C)cc1. The number of ether oxygens (including phenoxy) is 1. The summed E-state index contributed by atoms with van der Waals surface area (Å²) in [6.07, 6.45) is 0.862. The predicted molar refractivity (Wildman–Crippen MR) is 108 cm³/mol. The molecule has 0 saturated heterocycles. The molecule has 0 aliphatic heterocycles. The summed E-state index contributed by atoms with van der Waals surface area (Å²) in [4.78, 5) is 24.3. The summed E-state index contributed by atoms with van der Waals surface area (Å²) in [5.74, 6) is 0.158. The van der Waals surface area contributed by atoms with Gasteiger partial charge in [-0.25, -0.2) is 0 Å². The Morgan fingerprint density at radius 3 is 2.23 bits per heavy atom. The monoisotopic (exact) mass is 418 g/mol. The molecule has 2 rings (SSSR count). The molecule has 0 atom stereocenters. The van der Waals surface area contributed by atoms with Crippen molar-refractivity contribution >= 4 is 39.1 Å². The van der Waals surface area contributed by atoms with Crippen LogP contribution in [-0.2, 0) is 4.79 Å². The largest absolute Gasteiger partial charge is 0.493 e. The van der Waals surface area contributed by atoms with Crippen molar-refractivity contribution in [3.63, 3.8) is 0 Å². The lowest BCUT2D eigenvalue weighted by atomic mass is 10.1. The van der Waals surface area contributed by atoms with Gasteiger partial charge in [-0.2, -0.15) is 0 Å². The number of hydrogen-bond acceptors (Lipinski definition) is 3. The minimum absolute atomic E-state index is 0.0476. The summed E-state index contributed by atoms with van der Waals surface area (Å²) >= 11 is 3.39. The zero-order valence-corrected chi connectivity index (χ0v) is 16.7. The summed E-state index contributed by atoms with van der Waals surface area (Å²) in [5.41, 5.74) is 1.79. The van der Waals surface area contributed by atoms with Crippen LogP contribution in [0, 0.1) is 5.92 Å². The Morgan fingerprint density at radius 1 is 1.04 bits per heavy atom. The molecular weight excluding hydrogens is 396 g/mol. The van der Waals surface area contributed by atoms with Crippen LogP contribution in [0.2, 0.25) is 0 Å². The fourth-order valence-corrected chi connectivity index (χ4v) is 2.50. The highest BCUT2D eigenvalue weighted by atomic mass is 79.9. The van der Waals surface area contributed by atoms with E-state index in [1.54, 1.807) is 36.4 Å². The van der Waals surface area contributed by atoms with Crippen LogP contribution in [0.3, 0.4) is 0 Å². The van der Waals surface area contributed by atoms with Crippen LogP contribution in [0.4, 0.5) is 11.4 Å². The Morgan fingerprint density at radius 2 is 1.65 bits per heavy atom. The summed E-state index contributed by atoms with van der Waals surface area (Å²) < 4.78 is 6.46. The number of anilines is 2. The van der Waals surface area contributed by atoms with Gasteiger partial charge in [0.1, 0.15) is 5.75 Å². The first-order chi connectivity index (χ1) is 12.4. The first kappa shape index (κ1) is 20.0. The van der Waals surface area contributed by atoms with Gasteiger partial charge in [-0.3, -0.25) is 9.59 Å². The molecule has 138 valence electrons. The van der Waals surface area contributed by atoms with E-state index in [0.717, 1.165) is 10.9 Å². The lowest BCUT2D eigenvalue weighted by Gasteiger charge is -2.12. The van der Waals surface area contributed by atoms with Crippen molar-refractivity contribution in [3.05, 3.63) is 52.5 Å². The molecule has 26 heavy (non-hydrogen) atoms. The van der Waals surface area contributed by atoms with Crippen molar-refractivity contribution in [2.75, 3.05) is 17.2 Å². The predicted octanol–water partition coefficient (Wildman–Crippen LogP) is 5.08. The highest BCUT2D eigenvalue weighted by Crippen LogP contribution is 2.25. The highest BCUT2D eigenvalue weighted by Gasteiger charge is 2.14. The fraction of sp³-hybridized carbons (Fsp3) is 0.300. The van der Waals surface area contributed by atoms with Crippen molar-refractivity contribution in [3.8, 4) is 5.75 Å². The molecule has 0 aromatic heterocycles. The van der Waals surface area contributed by atoms with Crippen molar-refractivity contribution < 1.29 is 14.3 Å². The number of nitrogens with one attached hydrogen (secondary N) is 2. The Bertz CT molecular complexity index is 773. The second-order valence-electron chi connectivity index (χ2n) is 6.16. The van der Waals surface area contributed by atoms with E-state index in [1.165, 1.54) is 0 Å². The molecule has 0 spiro atoms. The first-order valence-electron chi connectivity index (χ1n) is 8.55. The van der Waals surface area contributed by atoms with E-state index in [-0.39, 0.29) is 17.7 Å². The van der Waals surface area contributed by atoms with Crippen molar-refractivity contribution in [1.29, 1.82) is 0 Å².